The summed E-state index contributed by atoms with van der Waals surface area (Å²) in [6.45, 7) is 10.9. The van der Waals surface area contributed by atoms with E-state index in [9.17, 15) is 17.6 Å². The Balaban J connectivity index is 3.52. The largest absolute Gasteiger partial charge is 0.404 e. The first-order chi connectivity index (χ1) is 11.0. The molecule has 6 heteroatoms. The van der Waals surface area contributed by atoms with Crippen LogP contribution in [-0.4, -0.2) is 20.7 Å². The normalized spacial score (nSPS) is 14.3. The summed E-state index contributed by atoms with van der Waals surface area (Å²) in [5.41, 5.74) is 2.27. The van der Waals surface area contributed by atoms with Gasteiger partial charge in [0.1, 0.15) is 6.10 Å². The Morgan fingerprint density at radius 3 is 1.71 bits per heavy atom. The molecule has 138 valence electrons. The lowest BCUT2D eigenvalue weighted by molar-refractivity contribution is -0.189. The highest BCUT2D eigenvalue weighted by Gasteiger charge is 2.53. The number of aryl methyl sites for hydroxylation is 3. The van der Waals surface area contributed by atoms with Gasteiger partial charge in [-0.2, -0.15) is 8.78 Å². The minimum atomic E-state index is -4.22. The Bertz CT molecular complexity index is 525. The van der Waals surface area contributed by atoms with Gasteiger partial charge in [0.25, 0.3) is 0 Å². The van der Waals surface area contributed by atoms with Crippen molar-refractivity contribution in [2.75, 3.05) is 0 Å². The van der Waals surface area contributed by atoms with Crippen molar-refractivity contribution in [2.24, 2.45) is 0 Å². The first-order valence-corrected chi connectivity index (χ1v) is 11.0. The Labute approximate surface area is 143 Å². The molecule has 0 aliphatic carbocycles. The van der Waals surface area contributed by atoms with Gasteiger partial charge in [0.15, 0.2) is 8.32 Å². The molecule has 0 N–H and O–H groups in total. The molecule has 1 aromatic carbocycles. The van der Waals surface area contributed by atoms with Gasteiger partial charge in [0.2, 0.25) is 0 Å². The van der Waals surface area contributed by atoms with E-state index >= 15 is 0 Å². The minimum Gasteiger partial charge on any atom is -0.404 e. The molecule has 0 heterocycles. The van der Waals surface area contributed by atoms with Gasteiger partial charge in [-0.05, 0) is 55.6 Å². The molecular weight excluding hydrogens is 336 g/mol. The molecule has 0 spiro atoms. The predicted octanol–water partition coefficient (Wildman–Crippen LogP) is 6.58. The van der Waals surface area contributed by atoms with Gasteiger partial charge in [0.05, 0.1) is 0 Å². The van der Waals surface area contributed by atoms with Crippen LogP contribution in [0.5, 0.6) is 0 Å². The van der Waals surface area contributed by atoms with Crippen LogP contribution in [0.1, 0.15) is 49.1 Å². The maximum absolute atomic E-state index is 14.4. The fourth-order valence-corrected chi connectivity index (χ4v) is 6.07. The van der Waals surface area contributed by atoms with E-state index in [1.54, 1.807) is 26.0 Å². The first kappa shape index (κ1) is 21.2. The van der Waals surface area contributed by atoms with Crippen molar-refractivity contribution in [1.29, 1.82) is 0 Å². The standard InChI is InChI=1S/C18H28F4OSi/c1-7-24(8-2,9-3)23-16(18(21,22)17(19)20)15-13(5)10-12(4)11-14(15)6/h10-11,16-17H,7-9H2,1-6H3. The quantitative estimate of drug-likeness (QED) is 0.374. The lowest BCUT2D eigenvalue weighted by Crippen LogP contribution is -2.45. The molecule has 0 saturated heterocycles. The fraction of sp³-hybridized carbons (Fsp3) is 0.667. The van der Waals surface area contributed by atoms with E-state index in [4.69, 9.17) is 4.43 Å². The van der Waals surface area contributed by atoms with Gasteiger partial charge >= 0.3 is 12.3 Å². The van der Waals surface area contributed by atoms with Crippen LogP contribution < -0.4 is 0 Å². The third-order valence-corrected chi connectivity index (χ3v) is 9.54. The first-order valence-electron chi connectivity index (χ1n) is 8.46. The van der Waals surface area contributed by atoms with Gasteiger partial charge in [-0.1, -0.05) is 38.5 Å². The van der Waals surface area contributed by atoms with Crippen molar-refractivity contribution < 1.29 is 22.0 Å². The Morgan fingerprint density at radius 2 is 1.38 bits per heavy atom. The monoisotopic (exact) mass is 364 g/mol. The second-order valence-electron chi connectivity index (χ2n) is 6.53. The van der Waals surface area contributed by atoms with Crippen molar-refractivity contribution in [3.8, 4) is 0 Å². The molecule has 0 aromatic heterocycles. The minimum absolute atomic E-state index is 0.207. The third kappa shape index (κ3) is 4.20. The van der Waals surface area contributed by atoms with Crippen molar-refractivity contribution in [1.82, 2.24) is 0 Å². The molecular formula is C18H28F4OSi. The van der Waals surface area contributed by atoms with Crippen LogP contribution >= 0.6 is 0 Å². The van der Waals surface area contributed by atoms with E-state index in [-0.39, 0.29) is 5.56 Å². The van der Waals surface area contributed by atoms with Crippen LogP contribution in [0.25, 0.3) is 0 Å². The van der Waals surface area contributed by atoms with Gasteiger partial charge in [-0.25, -0.2) is 8.78 Å². The highest BCUT2D eigenvalue weighted by atomic mass is 28.4. The Morgan fingerprint density at radius 1 is 0.958 bits per heavy atom. The van der Waals surface area contributed by atoms with E-state index < -0.39 is 26.8 Å². The summed E-state index contributed by atoms with van der Waals surface area (Å²) in [6, 6.07) is 5.36. The molecule has 0 bridgehead atoms. The van der Waals surface area contributed by atoms with Gasteiger partial charge < -0.3 is 4.43 Å². The number of rotatable bonds is 8. The van der Waals surface area contributed by atoms with Crippen molar-refractivity contribution >= 4 is 8.32 Å². The zero-order valence-electron chi connectivity index (χ0n) is 15.4. The lowest BCUT2D eigenvalue weighted by atomic mass is 9.92. The number of benzene rings is 1. The second-order valence-corrected chi connectivity index (χ2v) is 11.3. The van der Waals surface area contributed by atoms with E-state index in [1.807, 2.05) is 27.7 Å². The summed E-state index contributed by atoms with van der Waals surface area (Å²) >= 11 is 0. The Kier molecular flexibility index (Phi) is 7.05. The summed E-state index contributed by atoms with van der Waals surface area (Å²) in [6.07, 6.45) is -5.66. The van der Waals surface area contributed by atoms with Crippen LogP contribution in [0.15, 0.2) is 12.1 Å². The van der Waals surface area contributed by atoms with Crippen LogP contribution in [0.3, 0.4) is 0 Å². The van der Waals surface area contributed by atoms with Crippen molar-refractivity contribution in [3.05, 3.63) is 34.4 Å². The molecule has 1 aromatic rings. The number of alkyl halides is 4. The highest BCUT2D eigenvalue weighted by molar-refractivity contribution is 6.73. The highest BCUT2D eigenvalue weighted by Crippen LogP contribution is 2.45. The smallest absolute Gasteiger partial charge is 0.335 e. The van der Waals surface area contributed by atoms with Crippen LogP contribution in [0.4, 0.5) is 17.6 Å². The summed E-state index contributed by atoms with van der Waals surface area (Å²) in [5.74, 6) is -4.22. The maximum Gasteiger partial charge on any atom is 0.335 e. The zero-order chi connectivity index (χ0) is 18.7. The predicted molar refractivity (Wildman–Crippen MR) is 92.6 cm³/mol. The van der Waals surface area contributed by atoms with Crippen LogP contribution in [0.2, 0.25) is 18.1 Å². The molecule has 0 aliphatic heterocycles. The number of halogens is 4. The van der Waals surface area contributed by atoms with E-state index in [2.05, 4.69) is 0 Å². The SMILES string of the molecule is CC[Si](CC)(CC)OC(c1c(C)cc(C)cc1C)C(F)(F)C(F)F. The lowest BCUT2D eigenvalue weighted by Gasteiger charge is -2.38. The van der Waals surface area contributed by atoms with Crippen molar-refractivity contribution in [3.63, 3.8) is 0 Å². The summed E-state index contributed by atoms with van der Waals surface area (Å²) in [7, 11) is -2.49. The third-order valence-electron chi connectivity index (χ3n) is 4.94. The Hall–Kier alpha value is -0.883. The summed E-state index contributed by atoms with van der Waals surface area (Å²) < 4.78 is 61.1. The molecule has 1 rings (SSSR count). The summed E-state index contributed by atoms with van der Waals surface area (Å²) in [5, 5.41) is 0. The molecule has 0 radical (unpaired) electrons. The molecule has 0 amide bonds. The number of hydrogen-bond donors (Lipinski definition) is 0. The van der Waals surface area contributed by atoms with E-state index in [1.165, 1.54) is 0 Å². The molecule has 1 atom stereocenters. The average molecular weight is 364 g/mol. The maximum atomic E-state index is 14.4. The van der Waals surface area contributed by atoms with Gasteiger partial charge in [0, 0.05) is 0 Å². The average Bonchev–Trinajstić information content (AvgIpc) is 2.50. The molecule has 0 saturated carbocycles. The van der Waals surface area contributed by atoms with Gasteiger partial charge in [-0.15, -0.1) is 0 Å². The molecule has 0 fully saturated rings. The zero-order valence-corrected chi connectivity index (χ0v) is 16.4. The number of hydrogen-bond acceptors (Lipinski definition) is 1. The molecule has 1 nitrogen and oxygen atoms in total. The van der Waals surface area contributed by atoms with Crippen LogP contribution in [0, 0.1) is 20.8 Å². The fourth-order valence-electron chi connectivity index (χ4n) is 3.30. The van der Waals surface area contributed by atoms with Gasteiger partial charge in [-0.3, -0.25) is 0 Å². The molecule has 24 heavy (non-hydrogen) atoms. The van der Waals surface area contributed by atoms with Crippen LogP contribution in [-0.2, 0) is 4.43 Å². The second kappa shape index (κ2) is 8.00. The van der Waals surface area contributed by atoms with Crippen molar-refractivity contribution in [2.45, 2.75) is 78.1 Å². The molecule has 0 aliphatic rings. The topological polar surface area (TPSA) is 9.23 Å². The van der Waals surface area contributed by atoms with E-state index in [0.717, 1.165) is 5.56 Å². The molecule has 1 unspecified atom stereocenters. The summed E-state index contributed by atoms with van der Waals surface area (Å²) in [4.78, 5) is 0. The van der Waals surface area contributed by atoms with E-state index in [0.29, 0.717) is 29.3 Å².